The third kappa shape index (κ3) is 8.72. The quantitative estimate of drug-likeness (QED) is 0.0762. The molecule has 2 heterocycles. The molecule has 0 aliphatic carbocycles. The van der Waals surface area contributed by atoms with Gasteiger partial charge in [0.1, 0.15) is 0 Å². The van der Waals surface area contributed by atoms with Crippen LogP contribution in [0.1, 0.15) is 18.7 Å². The SMILES string of the molecule is O=S(=O)(O)CCCN1\C(=C/C=C/C=C/c2oc3ccc(-c4ccccc4)cc3[n+]2CCCS(=O)(=O)O)Oc2ccc(-c3ccccc3)cc21. The van der Waals surface area contributed by atoms with Crippen molar-refractivity contribution in [3.63, 3.8) is 0 Å². The van der Waals surface area contributed by atoms with E-state index >= 15 is 0 Å². The molecule has 252 valence electrons. The normalized spacial score (nSPS) is 14.3. The van der Waals surface area contributed by atoms with Crippen LogP contribution in [0.3, 0.4) is 0 Å². The maximum absolute atomic E-state index is 11.4. The highest BCUT2D eigenvalue weighted by Crippen LogP contribution is 2.41. The zero-order chi connectivity index (χ0) is 34.4. The van der Waals surface area contributed by atoms with E-state index in [0.717, 1.165) is 33.5 Å². The molecule has 2 N–H and O–H groups in total. The zero-order valence-corrected chi connectivity index (χ0v) is 28.1. The summed E-state index contributed by atoms with van der Waals surface area (Å²) >= 11 is 0. The van der Waals surface area contributed by atoms with Crippen LogP contribution in [0.5, 0.6) is 5.75 Å². The molecule has 0 spiro atoms. The maximum Gasteiger partial charge on any atom is 0.374 e. The summed E-state index contributed by atoms with van der Waals surface area (Å²) in [7, 11) is -8.24. The fourth-order valence-corrected chi connectivity index (χ4v) is 6.67. The Morgan fingerprint density at radius 3 is 2.00 bits per heavy atom. The maximum atomic E-state index is 11.4. The van der Waals surface area contributed by atoms with Gasteiger partial charge in [0.15, 0.2) is 12.3 Å². The minimum absolute atomic E-state index is 0.188. The second-order valence-corrected chi connectivity index (χ2v) is 14.6. The van der Waals surface area contributed by atoms with Gasteiger partial charge in [-0.3, -0.25) is 9.11 Å². The van der Waals surface area contributed by atoms with Crippen LogP contribution in [-0.4, -0.2) is 44.0 Å². The lowest BCUT2D eigenvalue weighted by Gasteiger charge is -2.18. The summed E-state index contributed by atoms with van der Waals surface area (Å²) < 4.78 is 78.5. The molecule has 0 saturated heterocycles. The Hall–Kier alpha value is -5.01. The van der Waals surface area contributed by atoms with Crippen molar-refractivity contribution in [2.75, 3.05) is 23.0 Å². The van der Waals surface area contributed by atoms with Gasteiger partial charge < -0.3 is 14.1 Å². The third-order valence-corrected chi connectivity index (χ3v) is 9.55. The number of allylic oxidation sites excluding steroid dienone is 4. The highest BCUT2D eigenvalue weighted by Gasteiger charge is 2.27. The minimum Gasteiger partial charge on any atom is -0.439 e. The Bertz CT molecular complexity index is 2260. The van der Waals surface area contributed by atoms with E-state index in [0.29, 0.717) is 36.2 Å². The minimum atomic E-state index is -4.12. The summed E-state index contributed by atoms with van der Waals surface area (Å²) in [5.74, 6) is 0.870. The van der Waals surface area contributed by atoms with Crippen LogP contribution in [0.15, 0.2) is 132 Å². The molecule has 49 heavy (non-hydrogen) atoms. The summed E-state index contributed by atoms with van der Waals surface area (Å²) in [5.41, 5.74) is 6.23. The highest BCUT2D eigenvalue weighted by molar-refractivity contribution is 7.86. The third-order valence-electron chi connectivity index (χ3n) is 7.94. The van der Waals surface area contributed by atoms with Crippen molar-refractivity contribution >= 4 is 43.1 Å². The topological polar surface area (TPSA) is 138 Å². The van der Waals surface area contributed by atoms with E-state index in [9.17, 15) is 25.9 Å². The van der Waals surface area contributed by atoms with Crippen LogP contribution in [0, 0.1) is 0 Å². The first-order chi connectivity index (χ1) is 23.5. The van der Waals surface area contributed by atoms with Crippen LogP contribution in [0.2, 0.25) is 0 Å². The number of anilines is 1. The van der Waals surface area contributed by atoms with Crippen molar-refractivity contribution in [3.8, 4) is 28.0 Å². The standard InChI is InChI=1S/C37H34N2O8S2/c40-48(41,42)24-10-22-38-32-26-30(28-12-4-1-5-13-28)18-20-34(32)46-36(38)16-8-3-9-17-37-39(23-11-25-49(43,44)45)33-27-31(19-21-35(33)47-37)29-14-6-2-7-15-29/h1-9,12-21,26-27H,10-11,22-25H2,(H-,40,41,42,43,44,45)/p+1. The molecule has 0 unspecified atom stereocenters. The molecule has 5 aromatic rings. The van der Waals surface area contributed by atoms with Crippen LogP contribution in [0.4, 0.5) is 5.69 Å². The summed E-state index contributed by atoms with van der Waals surface area (Å²) in [5, 5.41) is 0. The molecular formula is C37H35N2O8S2+. The van der Waals surface area contributed by atoms with Crippen LogP contribution in [0.25, 0.3) is 39.4 Å². The molecule has 0 radical (unpaired) electrons. The molecule has 0 amide bonds. The smallest absolute Gasteiger partial charge is 0.374 e. The van der Waals surface area contributed by atoms with Gasteiger partial charge in [0.25, 0.3) is 25.8 Å². The number of hydrogen-bond acceptors (Lipinski definition) is 7. The average Bonchev–Trinajstić information content (AvgIpc) is 3.60. The number of aromatic nitrogens is 1. The van der Waals surface area contributed by atoms with Crippen molar-refractivity contribution in [2.24, 2.45) is 0 Å². The molecule has 0 saturated carbocycles. The highest BCUT2D eigenvalue weighted by atomic mass is 32.2. The Balaban J connectivity index is 1.25. The van der Waals surface area contributed by atoms with Crippen molar-refractivity contribution in [1.82, 2.24) is 0 Å². The molecule has 6 rings (SSSR count). The molecule has 1 aliphatic heterocycles. The molecule has 10 nitrogen and oxygen atoms in total. The van der Waals surface area contributed by atoms with Gasteiger partial charge >= 0.3 is 5.89 Å². The van der Waals surface area contributed by atoms with Crippen LogP contribution < -0.4 is 14.2 Å². The van der Waals surface area contributed by atoms with Gasteiger partial charge in [0.2, 0.25) is 11.5 Å². The first kappa shape index (κ1) is 33.9. The van der Waals surface area contributed by atoms with Crippen molar-refractivity contribution in [2.45, 2.75) is 19.4 Å². The molecule has 0 atom stereocenters. The number of benzene rings is 4. The van der Waals surface area contributed by atoms with Crippen molar-refractivity contribution in [3.05, 3.63) is 133 Å². The Labute approximate surface area is 285 Å². The summed E-state index contributed by atoms with van der Waals surface area (Å²) in [6, 6.07) is 31.4. The molecular weight excluding hydrogens is 665 g/mol. The second kappa shape index (κ2) is 14.6. The fraction of sp³-hybridized carbons (Fsp3) is 0.162. The second-order valence-electron chi connectivity index (χ2n) is 11.5. The lowest BCUT2D eigenvalue weighted by atomic mass is 10.0. The number of ether oxygens (including phenoxy) is 1. The Morgan fingerprint density at radius 2 is 1.33 bits per heavy atom. The predicted molar refractivity (Wildman–Crippen MR) is 190 cm³/mol. The number of oxazole rings is 1. The molecule has 4 aromatic carbocycles. The average molecular weight is 700 g/mol. The number of fused-ring (bicyclic) bond motifs is 2. The molecule has 0 bridgehead atoms. The van der Waals surface area contributed by atoms with Gasteiger partial charge in [-0.1, -0.05) is 91.0 Å². The lowest BCUT2D eigenvalue weighted by molar-refractivity contribution is -0.677. The predicted octanol–water partition coefficient (Wildman–Crippen LogP) is 6.92. The number of nitrogens with zero attached hydrogens (tertiary/aromatic N) is 2. The van der Waals surface area contributed by atoms with Gasteiger partial charge in [-0.15, -0.1) is 0 Å². The number of hydrogen-bond donors (Lipinski definition) is 2. The largest absolute Gasteiger partial charge is 0.439 e. The number of aryl methyl sites for hydroxylation is 1. The van der Waals surface area contributed by atoms with E-state index in [4.69, 9.17) is 9.15 Å². The molecule has 1 aliphatic rings. The van der Waals surface area contributed by atoms with Gasteiger partial charge in [-0.2, -0.15) is 21.4 Å². The van der Waals surface area contributed by atoms with Gasteiger partial charge in [-0.25, -0.2) is 0 Å². The summed E-state index contributed by atoms with van der Waals surface area (Å²) in [6.45, 7) is 0.599. The summed E-state index contributed by atoms with van der Waals surface area (Å²) in [4.78, 5) is 1.88. The van der Waals surface area contributed by atoms with Crippen molar-refractivity contribution in [1.29, 1.82) is 0 Å². The van der Waals surface area contributed by atoms with E-state index in [1.54, 1.807) is 30.4 Å². The van der Waals surface area contributed by atoms with Gasteiger partial charge in [0, 0.05) is 19.0 Å². The van der Waals surface area contributed by atoms with Crippen LogP contribution >= 0.6 is 0 Å². The van der Waals surface area contributed by atoms with E-state index in [-0.39, 0.29) is 24.3 Å². The van der Waals surface area contributed by atoms with E-state index in [2.05, 4.69) is 0 Å². The van der Waals surface area contributed by atoms with Crippen LogP contribution in [-0.2, 0) is 26.8 Å². The van der Waals surface area contributed by atoms with E-state index in [1.807, 2.05) is 107 Å². The monoisotopic (exact) mass is 699 g/mol. The Morgan fingerprint density at radius 1 is 0.694 bits per heavy atom. The molecule has 1 aromatic heterocycles. The molecule has 0 fully saturated rings. The number of rotatable bonds is 13. The summed E-state index contributed by atoms with van der Waals surface area (Å²) in [6.07, 6.45) is 9.27. The Kier molecular flexibility index (Phi) is 10.1. The van der Waals surface area contributed by atoms with Gasteiger partial charge in [0.05, 0.1) is 23.3 Å². The zero-order valence-electron chi connectivity index (χ0n) is 26.4. The first-order valence-electron chi connectivity index (χ1n) is 15.7. The van der Waals surface area contributed by atoms with Crippen molar-refractivity contribution < 1.29 is 39.7 Å². The fourth-order valence-electron chi connectivity index (χ4n) is 5.68. The lowest BCUT2D eigenvalue weighted by Crippen LogP contribution is -2.36. The van der Waals surface area contributed by atoms with E-state index in [1.165, 1.54) is 0 Å². The molecule has 12 heteroatoms. The first-order valence-corrected chi connectivity index (χ1v) is 18.9. The van der Waals surface area contributed by atoms with Gasteiger partial charge in [-0.05, 0) is 52.9 Å². The van der Waals surface area contributed by atoms with E-state index < -0.39 is 20.2 Å².